The summed E-state index contributed by atoms with van der Waals surface area (Å²) >= 11 is 3.11. The Hall–Kier alpha value is -1.43. The number of amidine groups is 1. The monoisotopic (exact) mass is 299 g/mol. The molecule has 0 radical (unpaired) electrons. The van der Waals surface area contributed by atoms with E-state index < -0.39 is 6.04 Å². The van der Waals surface area contributed by atoms with Crippen molar-refractivity contribution in [2.24, 2.45) is 10.7 Å². The van der Waals surface area contributed by atoms with E-state index in [-0.39, 0.29) is 17.7 Å². The average molecular weight is 300 g/mol. The predicted octanol–water partition coefficient (Wildman–Crippen LogP) is 2.44. The molecule has 17 heavy (non-hydrogen) atoms. The first kappa shape index (κ1) is 12.0. The van der Waals surface area contributed by atoms with Crippen molar-refractivity contribution in [1.29, 1.82) is 0 Å². The van der Waals surface area contributed by atoms with Crippen LogP contribution in [0.15, 0.2) is 27.7 Å². The molecule has 0 fully saturated rings. The Bertz CT molecular complexity index is 503. The van der Waals surface area contributed by atoms with Crippen LogP contribution in [-0.2, 0) is 0 Å². The smallest absolute Gasteiger partial charge is 0.346 e. The molecule has 1 aromatic rings. The van der Waals surface area contributed by atoms with E-state index in [1.54, 1.807) is 12.1 Å². The molecule has 0 aromatic heterocycles. The second-order valence-corrected chi connectivity index (χ2v) is 4.54. The van der Waals surface area contributed by atoms with E-state index in [2.05, 4.69) is 20.9 Å². The molecule has 2 amide bonds. The van der Waals surface area contributed by atoms with Crippen LogP contribution < -0.4 is 5.73 Å². The number of aliphatic imine (C=N–C) groups is 1. The Labute approximate surface area is 106 Å². The molecule has 1 aliphatic rings. The molecule has 1 heterocycles. The van der Waals surface area contributed by atoms with E-state index in [1.165, 1.54) is 11.0 Å². The third kappa shape index (κ3) is 2.04. The molecule has 4 nitrogen and oxygen atoms in total. The molecule has 1 aliphatic heterocycles. The third-order valence-electron chi connectivity index (χ3n) is 2.66. The Morgan fingerprint density at radius 3 is 2.88 bits per heavy atom. The van der Waals surface area contributed by atoms with Crippen molar-refractivity contribution in [2.45, 2.75) is 13.0 Å². The number of urea groups is 1. The third-order valence-corrected chi connectivity index (χ3v) is 3.27. The maximum absolute atomic E-state index is 13.1. The molecule has 0 aliphatic carbocycles. The van der Waals surface area contributed by atoms with E-state index in [1.807, 2.05) is 6.92 Å². The lowest BCUT2D eigenvalue weighted by Gasteiger charge is -2.23. The Morgan fingerprint density at radius 1 is 1.59 bits per heavy atom. The number of hydrogen-bond donors (Lipinski definition) is 1. The standard InChI is InChI=1S/C11H11BrFN3O/c1-2-16-9(10(14)15-11(16)17)6-3-4-8(13)7(12)5-6/h3-5,9H,2H2,1H3,(H2,14,15,17). The number of nitrogens with two attached hydrogens (primary N) is 1. The van der Waals surface area contributed by atoms with Crippen LogP contribution in [0.1, 0.15) is 18.5 Å². The number of nitrogens with zero attached hydrogens (tertiary/aromatic N) is 2. The van der Waals surface area contributed by atoms with E-state index in [0.29, 0.717) is 11.0 Å². The minimum absolute atomic E-state index is 0.246. The SMILES string of the molecule is CCN1C(=O)N=C(N)C1c1ccc(F)c(Br)c1. The topological polar surface area (TPSA) is 58.7 Å². The number of carbonyl (C=O) groups excluding carboxylic acids is 1. The van der Waals surface area contributed by atoms with E-state index >= 15 is 0 Å². The zero-order valence-electron chi connectivity index (χ0n) is 9.15. The highest BCUT2D eigenvalue weighted by Crippen LogP contribution is 2.29. The molecule has 2 N–H and O–H groups in total. The van der Waals surface area contributed by atoms with Gasteiger partial charge in [-0.25, -0.2) is 9.18 Å². The van der Waals surface area contributed by atoms with E-state index in [0.717, 1.165) is 5.56 Å². The van der Waals surface area contributed by atoms with Crippen LogP contribution >= 0.6 is 15.9 Å². The Balaban J connectivity index is 2.42. The quantitative estimate of drug-likeness (QED) is 0.912. The van der Waals surface area contributed by atoms with Gasteiger partial charge in [0, 0.05) is 6.54 Å². The zero-order valence-corrected chi connectivity index (χ0v) is 10.7. The van der Waals surface area contributed by atoms with Crippen molar-refractivity contribution in [3.8, 4) is 0 Å². The number of hydrogen-bond acceptors (Lipinski definition) is 2. The lowest BCUT2D eigenvalue weighted by molar-refractivity contribution is 0.210. The minimum Gasteiger partial charge on any atom is -0.385 e. The van der Waals surface area contributed by atoms with Crippen molar-refractivity contribution in [2.75, 3.05) is 6.54 Å². The van der Waals surface area contributed by atoms with Crippen molar-refractivity contribution < 1.29 is 9.18 Å². The van der Waals surface area contributed by atoms with Gasteiger partial charge in [0.1, 0.15) is 17.7 Å². The van der Waals surface area contributed by atoms with Crippen molar-refractivity contribution >= 4 is 27.8 Å². The molecule has 6 heteroatoms. The van der Waals surface area contributed by atoms with Crippen LogP contribution in [0.2, 0.25) is 0 Å². The predicted molar refractivity (Wildman–Crippen MR) is 66.2 cm³/mol. The van der Waals surface area contributed by atoms with Gasteiger partial charge < -0.3 is 10.6 Å². The van der Waals surface area contributed by atoms with Crippen LogP contribution in [0.4, 0.5) is 9.18 Å². The molecule has 90 valence electrons. The normalized spacial score (nSPS) is 19.7. The molecular formula is C11H11BrFN3O. The average Bonchev–Trinajstić information content (AvgIpc) is 2.57. The largest absolute Gasteiger partial charge is 0.385 e. The lowest BCUT2D eigenvalue weighted by Crippen LogP contribution is -2.33. The maximum Gasteiger partial charge on any atom is 0.346 e. The highest BCUT2D eigenvalue weighted by atomic mass is 79.9. The van der Waals surface area contributed by atoms with Gasteiger partial charge >= 0.3 is 6.03 Å². The van der Waals surface area contributed by atoms with Crippen LogP contribution in [0.25, 0.3) is 0 Å². The summed E-state index contributed by atoms with van der Waals surface area (Å²) in [5.41, 5.74) is 6.48. The number of carbonyl (C=O) groups is 1. The number of amides is 2. The highest BCUT2D eigenvalue weighted by Gasteiger charge is 2.33. The first-order valence-corrected chi connectivity index (χ1v) is 5.93. The highest BCUT2D eigenvalue weighted by molar-refractivity contribution is 9.10. The summed E-state index contributed by atoms with van der Waals surface area (Å²) in [5, 5.41) is 0. The molecular weight excluding hydrogens is 289 g/mol. The molecule has 0 saturated carbocycles. The maximum atomic E-state index is 13.1. The minimum atomic E-state index is -0.399. The molecule has 1 unspecified atom stereocenters. The summed E-state index contributed by atoms with van der Waals surface area (Å²) in [6.07, 6.45) is 0. The van der Waals surface area contributed by atoms with Crippen molar-refractivity contribution in [1.82, 2.24) is 4.90 Å². The van der Waals surface area contributed by atoms with Gasteiger partial charge in [-0.05, 0) is 40.5 Å². The fraction of sp³-hybridized carbons (Fsp3) is 0.273. The van der Waals surface area contributed by atoms with E-state index in [9.17, 15) is 9.18 Å². The first-order valence-electron chi connectivity index (χ1n) is 5.14. The van der Waals surface area contributed by atoms with Gasteiger partial charge in [-0.2, -0.15) is 4.99 Å². The molecule has 0 spiro atoms. The van der Waals surface area contributed by atoms with Crippen molar-refractivity contribution in [3.63, 3.8) is 0 Å². The summed E-state index contributed by atoms with van der Waals surface area (Å²) in [5.74, 6) is -0.105. The van der Waals surface area contributed by atoms with Gasteiger partial charge in [0.05, 0.1) is 4.47 Å². The van der Waals surface area contributed by atoms with Gasteiger partial charge in [-0.15, -0.1) is 0 Å². The summed E-state index contributed by atoms with van der Waals surface area (Å²) in [7, 11) is 0. The van der Waals surface area contributed by atoms with Crippen LogP contribution in [0.3, 0.4) is 0 Å². The van der Waals surface area contributed by atoms with Gasteiger partial charge in [-0.1, -0.05) is 6.07 Å². The second-order valence-electron chi connectivity index (χ2n) is 3.68. The number of likely N-dealkylation sites (N-methyl/N-ethyl adjacent to an activating group) is 1. The van der Waals surface area contributed by atoms with Gasteiger partial charge in [-0.3, -0.25) is 0 Å². The summed E-state index contributed by atoms with van der Waals surface area (Å²) in [6.45, 7) is 2.35. The summed E-state index contributed by atoms with van der Waals surface area (Å²) < 4.78 is 13.5. The summed E-state index contributed by atoms with van der Waals surface area (Å²) in [4.78, 5) is 16.8. The number of rotatable bonds is 2. The van der Waals surface area contributed by atoms with Gasteiger partial charge in [0.2, 0.25) is 0 Å². The van der Waals surface area contributed by atoms with Crippen LogP contribution in [-0.4, -0.2) is 23.3 Å². The lowest BCUT2D eigenvalue weighted by atomic mass is 10.1. The Morgan fingerprint density at radius 2 is 2.29 bits per heavy atom. The summed E-state index contributed by atoms with van der Waals surface area (Å²) in [6, 6.07) is 3.81. The van der Waals surface area contributed by atoms with E-state index in [4.69, 9.17) is 5.73 Å². The molecule has 1 aromatic carbocycles. The van der Waals surface area contributed by atoms with Gasteiger partial charge in [0.25, 0.3) is 0 Å². The fourth-order valence-electron chi connectivity index (χ4n) is 1.86. The number of benzene rings is 1. The molecule has 0 bridgehead atoms. The van der Waals surface area contributed by atoms with Crippen LogP contribution in [0.5, 0.6) is 0 Å². The van der Waals surface area contributed by atoms with Crippen LogP contribution in [0, 0.1) is 5.82 Å². The number of halogens is 2. The second kappa shape index (κ2) is 4.44. The first-order chi connectivity index (χ1) is 8.04. The molecule has 0 saturated heterocycles. The van der Waals surface area contributed by atoms with Crippen molar-refractivity contribution in [3.05, 3.63) is 34.1 Å². The van der Waals surface area contributed by atoms with Gasteiger partial charge in [0.15, 0.2) is 0 Å². The Kier molecular flexibility index (Phi) is 3.15. The molecule has 1 atom stereocenters. The zero-order chi connectivity index (χ0) is 12.6. The fourth-order valence-corrected chi connectivity index (χ4v) is 2.25. The molecule has 2 rings (SSSR count).